The molecule has 0 saturated carbocycles. The molecule has 1 aromatic carbocycles. The number of hydrogen-bond acceptors (Lipinski definition) is 5. The number of aliphatic imine (C=N–C) groups is 1. The van der Waals surface area contributed by atoms with Crippen molar-refractivity contribution in [1.82, 2.24) is 15.1 Å². The summed E-state index contributed by atoms with van der Waals surface area (Å²) >= 11 is 2.04. The number of ether oxygens (including phenoxy) is 2. The second-order valence-corrected chi connectivity index (χ2v) is 7.20. The third-order valence-corrected chi connectivity index (χ3v) is 5.19. The maximum atomic E-state index is 5.45. The maximum absolute atomic E-state index is 5.45. The van der Waals surface area contributed by atoms with Crippen LogP contribution in [0.3, 0.4) is 0 Å². The van der Waals surface area contributed by atoms with E-state index in [9.17, 15) is 0 Å². The summed E-state index contributed by atoms with van der Waals surface area (Å²) in [5.74, 6) is 5.06. The van der Waals surface area contributed by atoms with Gasteiger partial charge in [0, 0.05) is 58.3 Å². The fourth-order valence-corrected chi connectivity index (χ4v) is 3.90. The SMILES string of the molecule is CN=C(NCCN1CCSCC1)N(C)Cc1ccc2c(c1)OCO2.I. The Bertz CT molecular complexity index is 582. The summed E-state index contributed by atoms with van der Waals surface area (Å²) in [5.41, 5.74) is 1.18. The van der Waals surface area contributed by atoms with Crippen LogP contribution < -0.4 is 14.8 Å². The van der Waals surface area contributed by atoms with Gasteiger partial charge in [-0.15, -0.1) is 24.0 Å². The molecule has 8 heteroatoms. The lowest BCUT2D eigenvalue weighted by Gasteiger charge is -2.27. The fourth-order valence-electron chi connectivity index (χ4n) is 2.92. The van der Waals surface area contributed by atoms with Crippen LogP contribution in [0.5, 0.6) is 11.5 Å². The predicted molar refractivity (Wildman–Crippen MR) is 115 cm³/mol. The number of hydrogen-bond donors (Lipinski definition) is 1. The number of benzene rings is 1. The Balaban J connectivity index is 0.00000225. The highest BCUT2D eigenvalue weighted by atomic mass is 127. The summed E-state index contributed by atoms with van der Waals surface area (Å²) in [4.78, 5) is 9.03. The molecule has 0 aliphatic carbocycles. The Morgan fingerprint density at radius 1 is 1.28 bits per heavy atom. The van der Waals surface area contributed by atoms with Crippen molar-refractivity contribution in [2.45, 2.75) is 6.54 Å². The zero-order chi connectivity index (χ0) is 16.8. The Kier molecular flexibility index (Phi) is 8.44. The number of rotatable bonds is 5. The molecule has 6 nitrogen and oxygen atoms in total. The Morgan fingerprint density at radius 2 is 2.04 bits per heavy atom. The molecule has 2 aliphatic rings. The van der Waals surface area contributed by atoms with Crippen molar-refractivity contribution >= 4 is 41.7 Å². The monoisotopic (exact) mass is 478 g/mol. The topological polar surface area (TPSA) is 49.3 Å². The molecule has 1 saturated heterocycles. The van der Waals surface area contributed by atoms with E-state index in [4.69, 9.17) is 9.47 Å². The van der Waals surface area contributed by atoms with Gasteiger partial charge >= 0.3 is 0 Å². The Labute approximate surface area is 171 Å². The first-order valence-corrected chi connectivity index (χ1v) is 9.52. The molecule has 1 aromatic rings. The molecule has 0 radical (unpaired) electrons. The van der Waals surface area contributed by atoms with Crippen LogP contribution in [-0.2, 0) is 6.54 Å². The van der Waals surface area contributed by atoms with Gasteiger partial charge in [-0.2, -0.15) is 11.8 Å². The lowest BCUT2D eigenvalue weighted by molar-refractivity contribution is 0.174. The molecule has 0 amide bonds. The van der Waals surface area contributed by atoms with E-state index < -0.39 is 0 Å². The molecule has 25 heavy (non-hydrogen) atoms. The first-order chi connectivity index (χ1) is 11.8. The van der Waals surface area contributed by atoms with Crippen molar-refractivity contribution in [3.8, 4) is 11.5 Å². The fraction of sp³-hybridized carbons (Fsp3) is 0.588. The van der Waals surface area contributed by atoms with E-state index in [1.54, 1.807) is 0 Å². The van der Waals surface area contributed by atoms with Gasteiger partial charge in [-0.25, -0.2) is 0 Å². The third kappa shape index (κ3) is 5.82. The zero-order valence-corrected chi connectivity index (χ0v) is 18.0. The number of halogens is 1. The summed E-state index contributed by atoms with van der Waals surface area (Å²) in [6.07, 6.45) is 0. The Hall–Kier alpha value is -0.870. The van der Waals surface area contributed by atoms with Crippen LogP contribution >= 0.6 is 35.7 Å². The van der Waals surface area contributed by atoms with Crippen LogP contribution in [0.15, 0.2) is 23.2 Å². The van der Waals surface area contributed by atoms with Crippen molar-refractivity contribution in [1.29, 1.82) is 0 Å². The van der Waals surface area contributed by atoms with E-state index in [2.05, 4.69) is 33.2 Å². The number of nitrogens with one attached hydrogen (secondary N) is 1. The third-order valence-electron chi connectivity index (χ3n) is 4.24. The second kappa shape index (κ2) is 10.3. The molecule has 2 aliphatic heterocycles. The van der Waals surface area contributed by atoms with Gasteiger partial charge in [0.15, 0.2) is 17.5 Å². The van der Waals surface area contributed by atoms with Crippen molar-refractivity contribution in [2.75, 3.05) is 58.6 Å². The molecule has 1 N–H and O–H groups in total. The minimum absolute atomic E-state index is 0. The molecule has 140 valence electrons. The van der Waals surface area contributed by atoms with Gasteiger partial charge in [0.1, 0.15) is 0 Å². The predicted octanol–water partition coefficient (Wildman–Crippen LogP) is 2.09. The van der Waals surface area contributed by atoms with Crippen LogP contribution in [0.4, 0.5) is 0 Å². The van der Waals surface area contributed by atoms with E-state index in [-0.39, 0.29) is 24.0 Å². The van der Waals surface area contributed by atoms with Crippen LogP contribution in [0, 0.1) is 0 Å². The minimum atomic E-state index is 0. The molecule has 0 spiro atoms. The zero-order valence-electron chi connectivity index (χ0n) is 14.9. The summed E-state index contributed by atoms with van der Waals surface area (Å²) in [6.45, 7) is 5.46. The Morgan fingerprint density at radius 3 is 2.80 bits per heavy atom. The van der Waals surface area contributed by atoms with Crippen molar-refractivity contribution in [3.63, 3.8) is 0 Å². The van der Waals surface area contributed by atoms with Gasteiger partial charge in [-0.1, -0.05) is 6.07 Å². The summed E-state index contributed by atoms with van der Waals surface area (Å²) in [5, 5.41) is 3.46. The number of guanidine groups is 1. The molecule has 0 aromatic heterocycles. The highest BCUT2D eigenvalue weighted by molar-refractivity contribution is 14.0. The van der Waals surface area contributed by atoms with E-state index >= 15 is 0 Å². The average molecular weight is 478 g/mol. The average Bonchev–Trinajstić information content (AvgIpc) is 3.07. The number of thioether (sulfide) groups is 1. The lowest BCUT2D eigenvalue weighted by Crippen LogP contribution is -2.43. The van der Waals surface area contributed by atoms with Crippen LogP contribution in [-0.4, -0.2) is 74.3 Å². The highest BCUT2D eigenvalue weighted by Gasteiger charge is 2.15. The van der Waals surface area contributed by atoms with E-state index in [0.29, 0.717) is 6.79 Å². The van der Waals surface area contributed by atoms with E-state index in [0.717, 1.165) is 37.1 Å². The normalized spacial score (nSPS) is 17.1. The number of fused-ring (bicyclic) bond motifs is 1. The number of nitrogens with zero attached hydrogens (tertiary/aromatic N) is 3. The first kappa shape index (κ1) is 20.4. The molecule has 1 fully saturated rings. The summed E-state index contributed by atoms with van der Waals surface area (Å²) < 4.78 is 10.8. The lowest BCUT2D eigenvalue weighted by atomic mass is 10.2. The molecule has 2 heterocycles. The second-order valence-electron chi connectivity index (χ2n) is 5.97. The van der Waals surface area contributed by atoms with Gasteiger partial charge in [0.05, 0.1) is 0 Å². The smallest absolute Gasteiger partial charge is 0.231 e. The largest absolute Gasteiger partial charge is 0.454 e. The molecule has 3 rings (SSSR count). The van der Waals surface area contributed by atoms with E-state index in [1.165, 1.54) is 30.2 Å². The molecular weight excluding hydrogens is 451 g/mol. The quantitative estimate of drug-likeness (QED) is 0.398. The maximum Gasteiger partial charge on any atom is 0.231 e. The van der Waals surface area contributed by atoms with Crippen molar-refractivity contribution in [3.05, 3.63) is 23.8 Å². The summed E-state index contributed by atoms with van der Waals surface area (Å²) in [6, 6.07) is 6.08. The van der Waals surface area contributed by atoms with Gasteiger partial charge in [-0.05, 0) is 17.7 Å². The molecule has 0 bridgehead atoms. The van der Waals surface area contributed by atoms with Crippen LogP contribution in [0.2, 0.25) is 0 Å². The van der Waals surface area contributed by atoms with Crippen molar-refractivity contribution < 1.29 is 9.47 Å². The van der Waals surface area contributed by atoms with Gasteiger partial charge < -0.3 is 19.7 Å². The van der Waals surface area contributed by atoms with Crippen LogP contribution in [0.1, 0.15) is 5.56 Å². The van der Waals surface area contributed by atoms with Gasteiger partial charge in [0.25, 0.3) is 0 Å². The first-order valence-electron chi connectivity index (χ1n) is 8.36. The molecular formula is C17H27IN4O2S. The standard InChI is InChI=1S/C17H26N4O2S.HI/c1-18-17(19-5-6-21-7-9-24-10-8-21)20(2)12-14-3-4-15-16(11-14)23-13-22-15;/h3-4,11H,5-10,12-13H2,1-2H3,(H,18,19);1H. The van der Waals surface area contributed by atoms with Gasteiger partial charge in [0.2, 0.25) is 6.79 Å². The summed E-state index contributed by atoms with van der Waals surface area (Å²) in [7, 11) is 3.88. The molecule has 0 atom stereocenters. The van der Waals surface area contributed by atoms with E-state index in [1.807, 2.05) is 30.9 Å². The van der Waals surface area contributed by atoms with Gasteiger partial charge in [-0.3, -0.25) is 9.89 Å². The highest BCUT2D eigenvalue weighted by Crippen LogP contribution is 2.32. The molecule has 0 unspecified atom stereocenters. The van der Waals surface area contributed by atoms with Crippen molar-refractivity contribution in [2.24, 2.45) is 4.99 Å². The minimum Gasteiger partial charge on any atom is -0.454 e. The van der Waals surface area contributed by atoms with Crippen LogP contribution in [0.25, 0.3) is 0 Å².